The molecule has 0 bridgehead atoms. The molecule has 0 heterocycles. The molecular weight excluding hydrogens is 212 g/mol. The number of aliphatic hydroxyl groups is 1. The molecule has 6 nitrogen and oxygen atoms in total. The summed E-state index contributed by atoms with van der Waals surface area (Å²) in [5, 5.41) is 22.6. The van der Waals surface area contributed by atoms with E-state index in [0.717, 1.165) is 6.42 Å². The smallest absolute Gasteiger partial charge is 0.328 e. The van der Waals surface area contributed by atoms with Crippen molar-refractivity contribution >= 4 is 12.0 Å². The molecule has 2 atom stereocenters. The van der Waals surface area contributed by atoms with Crippen LogP contribution in [0, 0.1) is 5.92 Å². The molecule has 0 aromatic carbocycles. The lowest BCUT2D eigenvalue weighted by Crippen LogP contribution is -2.51. The summed E-state index contributed by atoms with van der Waals surface area (Å²) in [5.74, 6) is -0.528. The molecular formula is C10H18N2O4. The normalized spacial score (nSPS) is 18.6. The maximum absolute atomic E-state index is 11.3. The quantitative estimate of drug-likeness (QED) is 0.513. The third-order valence-corrected chi connectivity index (χ3v) is 2.57. The van der Waals surface area contributed by atoms with E-state index in [0.29, 0.717) is 12.5 Å². The second-order valence-electron chi connectivity index (χ2n) is 4.19. The lowest BCUT2D eigenvalue weighted by Gasteiger charge is -2.17. The molecule has 0 spiro atoms. The van der Waals surface area contributed by atoms with E-state index in [1.54, 1.807) is 0 Å². The van der Waals surface area contributed by atoms with Crippen molar-refractivity contribution in [2.75, 3.05) is 6.54 Å². The number of carboxylic acids is 1. The number of carbonyl (C=O) groups is 2. The predicted octanol–water partition coefficient (Wildman–Crippen LogP) is -0.0803. The minimum atomic E-state index is -1.26. The Bertz CT molecular complexity index is 264. The first-order valence-electron chi connectivity index (χ1n) is 5.46. The first-order chi connectivity index (χ1) is 7.50. The van der Waals surface area contributed by atoms with Gasteiger partial charge in [-0.25, -0.2) is 9.59 Å². The van der Waals surface area contributed by atoms with Crippen molar-refractivity contribution in [1.82, 2.24) is 10.6 Å². The predicted molar refractivity (Wildman–Crippen MR) is 57.0 cm³/mol. The highest BCUT2D eigenvalue weighted by atomic mass is 16.4. The van der Waals surface area contributed by atoms with Gasteiger partial charge in [0.15, 0.2) is 6.04 Å². The Morgan fingerprint density at radius 1 is 1.44 bits per heavy atom. The Morgan fingerprint density at radius 2 is 2.06 bits per heavy atom. The van der Waals surface area contributed by atoms with E-state index in [9.17, 15) is 9.59 Å². The summed E-state index contributed by atoms with van der Waals surface area (Å²) >= 11 is 0. The molecule has 1 saturated carbocycles. The van der Waals surface area contributed by atoms with Gasteiger partial charge in [-0.2, -0.15) is 0 Å². The Morgan fingerprint density at radius 3 is 2.50 bits per heavy atom. The van der Waals surface area contributed by atoms with Crippen molar-refractivity contribution < 1.29 is 19.8 Å². The van der Waals surface area contributed by atoms with E-state index < -0.39 is 24.1 Å². The van der Waals surface area contributed by atoms with E-state index in [4.69, 9.17) is 10.2 Å². The largest absolute Gasteiger partial charge is 0.480 e. The standard InChI is InChI=1S/C10H18N2O4/c1-6(13)8(9(14)15)12-10(16)11-5-4-7-2-3-7/h6-8,13H,2-5H2,1H3,(H,14,15)(H2,11,12,16)/t6-,8+/m1/s1. The van der Waals surface area contributed by atoms with E-state index >= 15 is 0 Å². The van der Waals surface area contributed by atoms with E-state index in [1.165, 1.54) is 19.8 Å². The molecule has 2 amide bonds. The summed E-state index contributed by atoms with van der Waals surface area (Å²) in [4.78, 5) is 21.9. The molecule has 92 valence electrons. The third kappa shape index (κ3) is 4.48. The second-order valence-corrected chi connectivity index (χ2v) is 4.19. The van der Waals surface area contributed by atoms with Crippen molar-refractivity contribution in [1.29, 1.82) is 0 Å². The Labute approximate surface area is 94.0 Å². The zero-order valence-corrected chi connectivity index (χ0v) is 9.27. The van der Waals surface area contributed by atoms with Crippen LogP contribution in [-0.2, 0) is 4.79 Å². The van der Waals surface area contributed by atoms with Gasteiger partial charge in [0, 0.05) is 6.54 Å². The molecule has 4 N–H and O–H groups in total. The molecule has 0 unspecified atom stereocenters. The average molecular weight is 230 g/mol. The summed E-state index contributed by atoms with van der Waals surface area (Å²) < 4.78 is 0. The van der Waals surface area contributed by atoms with Crippen molar-refractivity contribution in [3.63, 3.8) is 0 Å². The number of amides is 2. The SMILES string of the molecule is C[C@@H](O)[C@H](NC(=O)NCCC1CC1)C(=O)O. The van der Waals surface area contributed by atoms with Gasteiger partial charge in [0.1, 0.15) is 0 Å². The Hall–Kier alpha value is -1.30. The monoisotopic (exact) mass is 230 g/mol. The fourth-order valence-corrected chi connectivity index (χ4v) is 1.38. The zero-order valence-electron chi connectivity index (χ0n) is 9.27. The molecule has 0 aromatic heterocycles. The maximum Gasteiger partial charge on any atom is 0.328 e. The van der Waals surface area contributed by atoms with Gasteiger partial charge in [-0.1, -0.05) is 12.8 Å². The van der Waals surface area contributed by atoms with Crippen LogP contribution in [0.3, 0.4) is 0 Å². The van der Waals surface area contributed by atoms with Crippen molar-refractivity contribution in [2.24, 2.45) is 5.92 Å². The number of rotatable bonds is 6. The molecule has 1 aliphatic carbocycles. The number of aliphatic carboxylic acids is 1. The third-order valence-electron chi connectivity index (χ3n) is 2.57. The van der Waals surface area contributed by atoms with E-state index in [1.807, 2.05) is 0 Å². The Kier molecular flexibility index (Phi) is 4.54. The lowest BCUT2D eigenvalue weighted by atomic mass is 10.2. The lowest BCUT2D eigenvalue weighted by molar-refractivity contribution is -0.141. The highest BCUT2D eigenvalue weighted by Crippen LogP contribution is 2.31. The maximum atomic E-state index is 11.3. The van der Waals surface area contributed by atoms with Gasteiger partial charge < -0.3 is 20.8 Å². The summed E-state index contributed by atoms with van der Waals surface area (Å²) in [5.41, 5.74) is 0. The minimum absolute atomic E-state index is 0.544. The molecule has 0 radical (unpaired) electrons. The average Bonchev–Trinajstić information content (AvgIpc) is 2.97. The molecule has 1 fully saturated rings. The van der Waals surface area contributed by atoms with Crippen LogP contribution in [0.2, 0.25) is 0 Å². The summed E-state index contributed by atoms with van der Waals surface area (Å²) in [6.45, 7) is 1.87. The first kappa shape index (κ1) is 12.8. The van der Waals surface area contributed by atoms with Gasteiger partial charge in [0.05, 0.1) is 6.10 Å². The van der Waals surface area contributed by atoms with Crippen molar-refractivity contribution in [3.8, 4) is 0 Å². The van der Waals surface area contributed by atoms with Crippen LogP contribution in [0.1, 0.15) is 26.2 Å². The second kappa shape index (κ2) is 5.69. The van der Waals surface area contributed by atoms with Gasteiger partial charge in [-0.15, -0.1) is 0 Å². The van der Waals surface area contributed by atoms with Crippen molar-refractivity contribution in [3.05, 3.63) is 0 Å². The van der Waals surface area contributed by atoms with Crippen LogP contribution in [0.5, 0.6) is 0 Å². The fourth-order valence-electron chi connectivity index (χ4n) is 1.38. The van der Waals surface area contributed by atoms with Gasteiger partial charge in [0.2, 0.25) is 0 Å². The fraction of sp³-hybridized carbons (Fsp3) is 0.800. The van der Waals surface area contributed by atoms with Gasteiger partial charge in [-0.3, -0.25) is 0 Å². The van der Waals surface area contributed by atoms with Gasteiger partial charge >= 0.3 is 12.0 Å². The number of hydrogen-bond donors (Lipinski definition) is 4. The van der Waals surface area contributed by atoms with Gasteiger partial charge in [-0.05, 0) is 19.3 Å². The number of carbonyl (C=O) groups excluding carboxylic acids is 1. The Balaban J connectivity index is 2.21. The van der Waals surface area contributed by atoms with E-state index in [2.05, 4.69) is 10.6 Å². The number of aliphatic hydroxyl groups excluding tert-OH is 1. The van der Waals surface area contributed by atoms with Crippen LogP contribution in [0.25, 0.3) is 0 Å². The topological polar surface area (TPSA) is 98.7 Å². The van der Waals surface area contributed by atoms with Crippen LogP contribution < -0.4 is 10.6 Å². The molecule has 0 saturated heterocycles. The summed E-state index contributed by atoms with van der Waals surface area (Å²) in [6, 6.07) is -1.81. The van der Waals surface area contributed by atoms with Crippen molar-refractivity contribution in [2.45, 2.75) is 38.3 Å². The highest BCUT2D eigenvalue weighted by molar-refractivity contribution is 5.82. The highest BCUT2D eigenvalue weighted by Gasteiger charge is 2.25. The van der Waals surface area contributed by atoms with Crippen LogP contribution in [0.15, 0.2) is 0 Å². The number of urea groups is 1. The van der Waals surface area contributed by atoms with E-state index in [-0.39, 0.29) is 0 Å². The minimum Gasteiger partial charge on any atom is -0.480 e. The summed E-state index contributed by atoms with van der Waals surface area (Å²) in [6.07, 6.45) is 2.25. The van der Waals surface area contributed by atoms with Crippen LogP contribution >= 0.6 is 0 Å². The van der Waals surface area contributed by atoms with Crippen LogP contribution in [-0.4, -0.2) is 40.9 Å². The molecule has 6 heteroatoms. The molecule has 0 aliphatic heterocycles. The first-order valence-corrected chi connectivity index (χ1v) is 5.46. The molecule has 0 aromatic rings. The molecule has 16 heavy (non-hydrogen) atoms. The number of nitrogens with one attached hydrogen (secondary N) is 2. The zero-order chi connectivity index (χ0) is 12.1. The molecule has 1 aliphatic rings. The van der Waals surface area contributed by atoms with Crippen LogP contribution in [0.4, 0.5) is 4.79 Å². The number of hydrogen-bond acceptors (Lipinski definition) is 3. The number of carboxylic acid groups (broad SMARTS) is 1. The van der Waals surface area contributed by atoms with Gasteiger partial charge in [0.25, 0.3) is 0 Å². The molecule has 1 rings (SSSR count). The summed E-state index contributed by atoms with van der Waals surface area (Å²) in [7, 11) is 0.